The van der Waals surface area contributed by atoms with Gasteiger partial charge in [0.2, 0.25) is 6.43 Å². The van der Waals surface area contributed by atoms with Gasteiger partial charge in [-0.25, -0.2) is 22.9 Å². The minimum absolute atomic E-state index is 0.146. The van der Waals surface area contributed by atoms with Crippen molar-refractivity contribution in [1.82, 2.24) is 20.5 Å². The van der Waals surface area contributed by atoms with Gasteiger partial charge in [0.15, 0.2) is 0 Å². The summed E-state index contributed by atoms with van der Waals surface area (Å²) in [5.74, 6) is -0.388. The molecule has 0 saturated carbocycles. The van der Waals surface area contributed by atoms with Gasteiger partial charge < -0.3 is 10.6 Å². The third-order valence-electron chi connectivity index (χ3n) is 2.67. The Morgan fingerprint density at radius 3 is 2.91 bits per heavy atom. The standard InChI is InChI=1S/C13H14F3N5OS/c14-8-1-2-10(23-6-11(15)16)9(5-8)20-13(22)17-4-3-12-18-7-19-21-12/h1-2,5,7,11H,3-4,6H2,(H2,17,20,22)(H,18,19,21). The molecule has 10 heteroatoms. The number of urea groups is 1. The molecule has 1 heterocycles. The number of hydrogen-bond donors (Lipinski definition) is 3. The molecule has 0 unspecified atom stereocenters. The molecule has 23 heavy (non-hydrogen) atoms. The van der Waals surface area contributed by atoms with E-state index in [1.54, 1.807) is 0 Å². The highest BCUT2D eigenvalue weighted by Crippen LogP contribution is 2.29. The Morgan fingerprint density at radius 1 is 1.39 bits per heavy atom. The summed E-state index contributed by atoms with van der Waals surface area (Å²) in [6, 6.07) is 3.03. The Morgan fingerprint density at radius 2 is 2.22 bits per heavy atom. The lowest BCUT2D eigenvalue weighted by Gasteiger charge is -2.11. The number of halogens is 3. The van der Waals surface area contributed by atoms with E-state index in [4.69, 9.17) is 0 Å². The van der Waals surface area contributed by atoms with E-state index in [1.807, 2.05) is 0 Å². The molecule has 0 aliphatic rings. The van der Waals surface area contributed by atoms with Crippen molar-refractivity contribution in [2.45, 2.75) is 17.7 Å². The van der Waals surface area contributed by atoms with E-state index in [2.05, 4.69) is 25.8 Å². The van der Waals surface area contributed by atoms with Gasteiger partial charge in [-0.1, -0.05) is 0 Å². The predicted octanol–water partition coefficient (Wildman–Crippen LogP) is 2.67. The number of hydrogen-bond acceptors (Lipinski definition) is 4. The van der Waals surface area contributed by atoms with Gasteiger partial charge in [0.25, 0.3) is 0 Å². The lowest BCUT2D eigenvalue weighted by Crippen LogP contribution is -2.30. The molecule has 2 amide bonds. The zero-order valence-corrected chi connectivity index (χ0v) is 12.7. The quantitative estimate of drug-likeness (QED) is 0.674. The lowest BCUT2D eigenvalue weighted by atomic mass is 10.3. The van der Waals surface area contributed by atoms with Gasteiger partial charge in [0.05, 0.1) is 11.4 Å². The number of carbonyl (C=O) groups excluding carboxylic acids is 1. The first-order valence-electron chi connectivity index (χ1n) is 6.64. The highest BCUT2D eigenvalue weighted by Gasteiger charge is 2.11. The Labute approximate surface area is 134 Å². The fourth-order valence-electron chi connectivity index (χ4n) is 1.69. The van der Waals surface area contributed by atoms with Crippen molar-refractivity contribution in [1.29, 1.82) is 0 Å². The molecule has 0 radical (unpaired) electrons. The summed E-state index contributed by atoms with van der Waals surface area (Å²) in [6.45, 7) is 0.288. The van der Waals surface area contributed by atoms with Crippen molar-refractivity contribution in [2.75, 3.05) is 17.6 Å². The number of aromatic nitrogens is 3. The summed E-state index contributed by atoms with van der Waals surface area (Å²) in [5, 5.41) is 11.3. The van der Waals surface area contributed by atoms with E-state index in [1.165, 1.54) is 12.4 Å². The molecule has 0 spiro atoms. The summed E-state index contributed by atoms with van der Waals surface area (Å²) in [6.07, 6.45) is -0.688. The first-order chi connectivity index (χ1) is 11.0. The van der Waals surface area contributed by atoms with Gasteiger partial charge in [-0.05, 0) is 18.2 Å². The molecule has 0 bridgehead atoms. The van der Waals surface area contributed by atoms with E-state index in [0.29, 0.717) is 17.1 Å². The van der Waals surface area contributed by atoms with Crippen LogP contribution < -0.4 is 10.6 Å². The maximum absolute atomic E-state index is 13.3. The summed E-state index contributed by atoms with van der Waals surface area (Å²) in [5.41, 5.74) is 0.146. The highest BCUT2D eigenvalue weighted by atomic mass is 32.2. The number of thioether (sulfide) groups is 1. The second kappa shape index (κ2) is 8.42. The third-order valence-corrected chi connectivity index (χ3v) is 3.75. The Balaban J connectivity index is 1.89. The van der Waals surface area contributed by atoms with E-state index >= 15 is 0 Å². The Bertz CT molecular complexity index is 639. The van der Waals surface area contributed by atoms with Crippen molar-refractivity contribution in [2.24, 2.45) is 0 Å². The number of anilines is 1. The van der Waals surface area contributed by atoms with Gasteiger partial charge >= 0.3 is 6.03 Å². The smallest absolute Gasteiger partial charge is 0.319 e. The van der Waals surface area contributed by atoms with Crippen molar-refractivity contribution in [3.63, 3.8) is 0 Å². The SMILES string of the molecule is O=C(NCCc1ncn[nH]1)Nc1cc(F)ccc1SCC(F)F. The van der Waals surface area contributed by atoms with Crippen LogP contribution in [0.5, 0.6) is 0 Å². The van der Waals surface area contributed by atoms with Crippen LogP contribution in [0.4, 0.5) is 23.7 Å². The van der Waals surface area contributed by atoms with Crippen molar-refractivity contribution < 1.29 is 18.0 Å². The van der Waals surface area contributed by atoms with Gasteiger partial charge in [0.1, 0.15) is 18.0 Å². The normalized spacial score (nSPS) is 10.8. The molecule has 0 atom stereocenters. The lowest BCUT2D eigenvalue weighted by molar-refractivity contribution is 0.177. The number of benzene rings is 1. The van der Waals surface area contributed by atoms with Gasteiger partial charge in [0, 0.05) is 17.9 Å². The molecular formula is C13H14F3N5OS. The Kier molecular flexibility index (Phi) is 6.27. The molecule has 0 aliphatic carbocycles. The van der Waals surface area contributed by atoms with Crippen LogP contribution in [0.15, 0.2) is 29.4 Å². The molecule has 6 nitrogen and oxygen atoms in total. The molecule has 2 rings (SSSR count). The molecular weight excluding hydrogens is 331 g/mol. The second-order valence-electron chi connectivity index (χ2n) is 4.41. The number of rotatable bonds is 7. The number of amides is 2. The van der Waals surface area contributed by atoms with Crippen LogP contribution in [0, 0.1) is 5.82 Å². The van der Waals surface area contributed by atoms with Crippen LogP contribution in [0.25, 0.3) is 0 Å². The summed E-state index contributed by atoms with van der Waals surface area (Å²) >= 11 is 0.845. The van der Waals surface area contributed by atoms with Crippen LogP contribution in [0.1, 0.15) is 5.82 Å². The van der Waals surface area contributed by atoms with Crippen LogP contribution in [0.3, 0.4) is 0 Å². The van der Waals surface area contributed by atoms with Gasteiger partial charge in [-0.3, -0.25) is 5.10 Å². The number of carbonyl (C=O) groups is 1. The van der Waals surface area contributed by atoms with Gasteiger partial charge in [-0.15, -0.1) is 11.8 Å². The topological polar surface area (TPSA) is 82.7 Å². The second-order valence-corrected chi connectivity index (χ2v) is 5.47. The van der Waals surface area contributed by atoms with Crippen molar-refractivity contribution in [3.05, 3.63) is 36.2 Å². The largest absolute Gasteiger partial charge is 0.337 e. The fourth-order valence-corrected chi connectivity index (χ4v) is 2.43. The minimum atomic E-state index is -2.49. The van der Waals surface area contributed by atoms with Crippen LogP contribution in [-0.4, -0.2) is 39.9 Å². The van der Waals surface area contributed by atoms with Crippen LogP contribution in [0.2, 0.25) is 0 Å². The monoisotopic (exact) mass is 345 g/mol. The molecule has 0 fully saturated rings. The van der Waals surface area contributed by atoms with Crippen LogP contribution in [-0.2, 0) is 6.42 Å². The van der Waals surface area contributed by atoms with Crippen LogP contribution >= 0.6 is 11.8 Å². The van der Waals surface area contributed by atoms with Crippen molar-refractivity contribution in [3.8, 4) is 0 Å². The number of alkyl halides is 2. The zero-order valence-electron chi connectivity index (χ0n) is 11.9. The molecule has 0 aliphatic heterocycles. The number of nitrogens with zero attached hydrogens (tertiary/aromatic N) is 2. The average Bonchev–Trinajstić information content (AvgIpc) is 2.99. The summed E-state index contributed by atoms with van der Waals surface area (Å²) < 4.78 is 37.9. The van der Waals surface area contributed by atoms with E-state index in [-0.39, 0.29) is 12.2 Å². The summed E-state index contributed by atoms with van der Waals surface area (Å²) in [4.78, 5) is 16.1. The first-order valence-corrected chi connectivity index (χ1v) is 7.62. The summed E-state index contributed by atoms with van der Waals surface area (Å²) in [7, 11) is 0. The predicted molar refractivity (Wildman–Crippen MR) is 80.2 cm³/mol. The highest BCUT2D eigenvalue weighted by molar-refractivity contribution is 7.99. The molecule has 3 N–H and O–H groups in total. The Hall–Kier alpha value is -2.23. The van der Waals surface area contributed by atoms with Gasteiger partial charge in [-0.2, -0.15) is 5.10 Å². The molecule has 124 valence electrons. The third kappa shape index (κ3) is 5.81. The average molecular weight is 345 g/mol. The van der Waals surface area contributed by atoms with E-state index in [0.717, 1.165) is 23.9 Å². The molecule has 2 aromatic rings. The fraction of sp³-hybridized carbons (Fsp3) is 0.308. The molecule has 1 aromatic heterocycles. The first kappa shape index (κ1) is 17.1. The number of H-pyrrole nitrogens is 1. The zero-order chi connectivity index (χ0) is 16.7. The maximum Gasteiger partial charge on any atom is 0.319 e. The van der Waals surface area contributed by atoms with E-state index in [9.17, 15) is 18.0 Å². The number of aromatic amines is 1. The number of nitrogens with one attached hydrogen (secondary N) is 3. The molecule has 1 aromatic carbocycles. The van der Waals surface area contributed by atoms with E-state index < -0.39 is 24.0 Å². The van der Waals surface area contributed by atoms with Crippen molar-refractivity contribution >= 4 is 23.5 Å². The minimum Gasteiger partial charge on any atom is -0.337 e. The molecule has 0 saturated heterocycles. The maximum atomic E-state index is 13.3.